The summed E-state index contributed by atoms with van der Waals surface area (Å²) in [5, 5.41) is 1.13. The highest BCUT2D eigenvalue weighted by Crippen LogP contribution is 2.36. The molecule has 0 spiro atoms. The predicted molar refractivity (Wildman–Crippen MR) is 118 cm³/mol. The second-order valence-corrected chi connectivity index (χ2v) is 7.51. The van der Waals surface area contributed by atoms with Crippen molar-refractivity contribution >= 4 is 29.1 Å². The molecule has 0 saturated carbocycles. The van der Waals surface area contributed by atoms with Gasteiger partial charge in [0.1, 0.15) is 5.82 Å². The number of carbonyl (C=O) groups is 1. The molecule has 6 heteroatoms. The van der Waals surface area contributed by atoms with Gasteiger partial charge in [0, 0.05) is 21.2 Å². The molecule has 4 rings (SSSR count). The summed E-state index contributed by atoms with van der Waals surface area (Å²) in [5.41, 5.74) is 9.84. The number of aryl methyl sites for hydroxylation is 1. The number of hydrogen-bond donors (Lipinski definition) is 1. The summed E-state index contributed by atoms with van der Waals surface area (Å²) in [5.74, 6) is -0.0182. The molecule has 4 nitrogen and oxygen atoms in total. The van der Waals surface area contributed by atoms with Crippen molar-refractivity contribution in [2.24, 2.45) is 5.73 Å². The second kappa shape index (κ2) is 7.74. The Kier molecular flexibility index (Phi) is 5.14. The summed E-state index contributed by atoms with van der Waals surface area (Å²) < 4.78 is 1.92. The summed E-state index contributed by atoms with van der Waals surface area (Å²) in [6.45, 7) is 1.98. The lowest BCUT2D eigenvalue weighted by molar-refractivity contribution is 0.0996. The van der Waals surface area contributed by atoms with E-state index in [0.29, 0.717) is 21.6 Å². The van der Waals surface area contributed by atoms with Gasteiger partial charge in [0.15, 0.2) is 5.69 Å². The minimum Gasteiger partial charge on any atom is -0.364 e. The van der Waals surface area contributed by atoms with Crippen LogP contribution in [0.25, 0.3) is 28.3 Å². The first-order valence-electron chi connectivity index (χ1n) is 8.96. The highest BCUT2D eigenvalue weighted by molar-refractivity contribution is 6.31. The van der Waals surface area contributed by atoms with Crippen LogP contribution in [0.2, 0.25) is 10.0 Å². The smallest absolute Gasteiger partial charge is 0.269 e. The van der Waals surface area contributed by atoms with Crippen LogP contribution in [-0.4, -0.2) is 15.5 Å². The SMILES string of the molecule is Cc1ccc(Cl)cc1-n1c(-c2ccccc2)nc(C(N)=O)c1-c1cccc(Cl)c1. The first-order chi connectivity index (χ1) is 14.0. The molecular formula is C23H17Cl2N3O. The fraction of sp³-hybridized carbons (Fsp3) is 0.0435. The van der Waals surface area contributed by atoms with Gasteiger partial charge in [0.05, 0.1) is 11.4 Å². The number of nitrogens with zero attached hydrogens (tertiary/aromatic N) is 2. The molecular weight excluding hydrogens is 405 g/mol. The van der Waals surface area contributed by atoms with Gasteiger partial charge in [-0.3, -0.25) is 9.36 Å². The summed E-state index contributed by atoms with van der Waals surface area (Å²) >= 11 is 12.5. The van der Waals surface area contributed by atoms with Crippen LogP contribution in [0, 0.1) is 6.92 Å². The van der Waals surface area contributed by atoms with E-state index >= 15 is 0 Å². The Labute approximate surface area is 178 Å². The maximum atomic E-state index is 12.3. The van der Waals surface area contributed by atoms with Gasteiger partial charge in [0.2, 0.25) is 0 Å². The molecule has 0 aliphatic carbocycles. The lowest BCUT2D eigenvalue weighted by Gasteiger charge is -2.16. The maximum absolute atomic E-state index is 12.3. The zero-order chi connectivity index (χ0) is 20.5. The second-order valence-electron chi connectivity index (χ2n) is 6.64. The Balaban J connectivity index is 2.15. The first kappa shape index (κ1) is 19.2. The predicted octanol–water partition coefficient (Wildman–Crippen LogP) is 5.92. The molecule has 0 bridgehead atoms. The topological polar surface area (TPSA) is 60.9 Å². The van der Waals surface area contributed by atoms with E-state index in [9.17, 15) is 4.79 Å². The standard InChI is InChI=1S/C23H17Cl2N3O/c1-14-10-11-18(25)13-19(14)28-21(16-8-5-9-17(24)12-16)20(22(26)29)27-23(28)15-6-3-2-4-7-15/h2-13H,1H3,(H2,26,29). The van der Waals surface area contributed by atoms with Crippen LogP contribution in [0.5, 0.6) is 0 Å². The number of aromatic nitrogens is 2. The van der Waals surface area contributed by atoms with Crippen molar-refractivity contribution in [3.8, 4) is 28.3 Å². The van der Waals surface area contributed by atoms with E-state index in [1.165, 1.54) is 0 Å². The molecule has 0 aliphatic heterocycles. The monoisotopic (exact) mass is 421 g/mol. The van der Waals surface area contributed by atoms with E-state index in [-0.39, 0.29) is 5.69 Å². The van der Waals surface area contributed by atoms with Gasteiger partial charge in [-0.15, -0.1) is 0 Å². The average molecular weight is 422 g/mol. The van der Waals surface area contributed by atoms with Crippen molar-refractivity contribution in [1.29, 1.82) is 0 Å². The summed E-state index contributed by atoms with van der Waals surface area (Å²) in [7, 11) is 0. The lowest BCUT2D eigenvalue weighted by atomic mass is 10.1. The van der Waals surface area contributed by atoms with Crippen LogP contribution >= 0.6 is 23.2 Å². The van der Waals surface area contributed by atoms with Gasteiger partial charge in [0.25, 0.3) is 5.91 Å². The van der Waals surface area contributed by atoms with E-state index in [2.05, 4.69) is 4.98 Å². The molecule has 2 N–H and O–H groups in total. The van der Waals surface area contributed by atoms with Crippen molar-refractivity contribution in [2.75, 3.05) is 0 Å². The van der Waals surface area contributed by atoms with E-state index in [0.717, 1.165) is 22.4 Å². The fourth-order valence-electron chi connectivity index (χ4n) is 3.33. The number of imidazole rings is 1. The summed E-state index contributed by atoms with van der Waals surface area (Å²) in [6, 6.07) is 22.5. The Hall–Kier alpha value is -3.08. The molecule has 0 saturated heterocycles. The molecule has 29 heavy (non-hydrogen) atoms. The van der Waals surface area contributed by atoms with Gasteiger partial charge in [-0.05, 0) is 36.8 Å². The van der Waals surface area contributed by atoms with E-state index in [4.69, 9.17) is 28.9 Å². The Morgan fingerprint density at radius 2 is 1.59 bits per heavy atom. The minimum absolute atomic E-state index is 0.172. The van der Waals surface area contributed by atoms with Crippen molar-refractivity contribution in [3.05, 3.63) is 94.1 Å². The van der Waals surface area contributed by atoms with Gasteiger partial charge in [-0.2, -0.15) is 0 Å². The first-order valence-corrected chi connectivity index (χ1v) is 9.71. The quantitative estimate of drug-likeness (QED) is 0.444. The van der Waals surface area contributed by atoms with Crippen LogP contribution in [0.15, 0.2) is 72.8 Å². The third-order valence-corrected chi connectivity index (χ3v) is 5.12. The third-order valence-electron chi connectivity index (χ3n) is 4.65. The summed E-state index contributed by atoms with van der Waals surface area (Å²) in [6.07, 6.45) is 0. The molecule has 0 radical (unpaired) electrons. The molecule has 0 fully saturated rings. The number of primary amides is 1. The van der Waals surface area contributed by atoms with E-state index in [1.54, 1.807) is 12.1 Å². The number of carbonyl (C=O) groups excluding carboxylic acids is 1. The molecule has 1 heterocycles. The number of nitrogens with two attached hydrogens (primary N) is 1. The van der Waals surface area contributed by atoms with Gasteiger partial charge in [-0.25, -0.2) is 4.98 Å². The average Bonchev–Trinajstić information content (AvgIpc) is 3.11. The van der Waals surface area contributed by atoms with Gasteiger partial charge >= 0.3 is 0 Å². The summed E-state index contributed by atoms with van der Waals surface area (Å²) in [4.78, 5) is 17.0. The van der Waals surface area contributed by atoms with E-state index < -0.39 is 5.91 Å². The zero-order valence-electron chi connectivity index (χ0n) is 15.6. The molecule has 4 aromatic rings. The Morgan fingerprint density at radius 3 is 2.28 bits per heavy atom. The molecule has 3 aromatic carbocycles. The van der Waals surface area contributed by atoms with Crippen molar-refractivity contribution in [3.63, 3.8) is 0 Å². The lowest BCUT2D eigenvalue weighted by Crippen LogP contribution is -2.13. The zero-order valence-corrected chi connectivity index (χ0v) is 17.1. The van der Waals surface area contributed by atoms with Crippen molar-refractivity contribution in [1.82, 2.24) is 9.55 Å². The number of benzene rings is 3. The third kappa shape index (κ3) is 3.65. The largest absolute Gasteiger partial charge is 0.364 e. The van der Waals surface area contributed by atoms with E-state index in [1.807, 2.05) is 72.2 Å². The molecule has 144 valence electrons. The number of amides is 1. The fourth-order valence-corrected chi connectivity index (χ4v) is 3.69. The normalized spacial score (nSPS) is 10.9. The molecule has 0 atom stereocenters. The highest BCUT2D eigenvalue weighted by Gasteiger charge is 2.25. The van der Waals surface area contributed by atoms with Crippen molar-refractivity contribution in [2.45, 2.75) is 6.92 Å². The molecule has 1 amide bonds. The number of rotatable bonds is 4. The number of hydrogen-bond acceptors (Lipinski definition) is 2. The number of halogens is 2. The van der Waals surface area contributed by atoms with Gasteiger partial charge < -0.3 is 5.73 Å². The van der Waals surface area contributed by atoms with Crippen molar-refractivity contribution < 1.29 is 4.79 Å². The molecule has 0 unspecified atom stereocenters. The van der Waals surface area contributed by atoms with Gasteiger partial charge in [-0.1, -0.05) is 71.7 Å². The van der Waals surface area contributed by atoms with Crippen LogP contribution < -0.4 is 5.73 Å². The Bertz CT molecular complexity index is 1220. The molecule has 1 aromatic heterocycles. The maximum Gasteiger partial charge on any atom is 0.269 e. The van der Waals surface area contributed by atoms with Crippen LogP contribution in [-0.2, 0) is 0 Å². The Morgan fingerprint density at radius 1 is 0.897 bits per heavy atom. The van der Waals surface area contributed by atoms with Crippen LogP contribution in [0.3, 0.4) is 0 Å². The van der Waals surface area contributed by atoms with Crippen LogP contribution in [0.1, 0.15) is 16.1 Å². The molecule has 0 aliphatic rings. The van der Waals surface area contributed by atoms with Crippen LogP contribution in [0.4, 0.5) is 0 Å². The minimum atomic E-state index is -0.615. The highest BCUT2D eigenvalue weighted by atomic mass is 35.5.